The highest BCUT2D eigenvalue weighted by Crippen LogP contribution is 2.04. The normalized spacial score (nSPS) is 14.2. The quantitative estimate of drug-likeness (QED) is 0.426. The third kappa shape index (κ3) is 3.93. The highest BCUT2D eigenvalue weighted by molar-refractivity contribution is 7.80. The molecule has 0 bridgehead atoms. The van der Waals surface area contributed by atoms with Crippen LogP contribution in [0.4, 0.5) is 0 Å². The molecule has 2 unspecified atom stereocenters. The van der Waals surface area contributed by atoms with Crippen LogP contribution in [-0.2, 0) is 9.59 Å². The molecule has 0 rings (SSSR count). The monoisotopic (exact) mass is 217 g/mol. The summed E-state index contributed by atoms with van der Waals surface area (Å²) >= 11 is 3.95. The number of nitrogens with one attached hydrogen (secondary N) is 1. The van der Waals surface area contributed by atoms with Crippen LogP contribution in [0.3, 0.4) is 0 Å². The van der Waals surface area contributed by atoms with Gasteiger partial charge >= 0.3 is 0 Å². The summed E-state index contributed by atoms with van der Waals surface area (Å²) in [7, 11) is 0. The van der Waals surface area contributed by atoms with Crippen molar-refractivity contribution in [2.75, 3.05) is 12.4 Å². The summed E-state index contributed by atoms with van der Waals surface area (Å²) in [4.78, 5) is 22.3. The van der Waals surface area contributed by atoms with Crippen molar-refractivity contribution < 1.29 is 14.7 Å². The van der Waals surface area contributed by atoms with Gasteiger partial charge in [0.05, 0.1) is 18.6 Å². The summed E-state index contributed by atoms with van der Waals surface area (Å²) in [6.45, 7) is 4.46. The van der Waals surface area contributed by atoms with Gasteiger partial charge in [0.1, 0.15) is 0 Å². The average molecular weight is 217 g/mol. The van der Waals surface area contributed by atoms with Crippen LogP contribution < -0.4 is 5.32 Å². The van der Waals surface area contributed by atoms with E-state index in [1.165, 1.54) is 13.0 Å². The molecule has 0 saturated heterocycles. The van der Waals surface area contributed by atoms with E-state index >= 15 is 0 Å². The van der Waals surface area contributed by atoms with E-state index in [2.05, 4.69) is 24.5 Å². The van der Waals surface area contributed by atoms with Crippen LogP contribution in [0.1, 0.15) is 6.92 Å². The van der Waals surface area contributed by atoms with E-state index in [-0.39, 0.29) is 24.1 Å². The fourth-order valence-corrected chi connectivity index (χ4v) is 1.26. The van der Waals surface area contributed by atoms with Gasteiger partial charge in [-0.25, -0.2) is 0 Å². The number of hydrogen-bond donors (Lipinski definition) is 3. The average Bonchev–Trinajstić information content (AvgIpc) is 2.15. The first-order valence-corrected chi connectivity index (χ1v) is 4.85. The van der Waals surface area contributed by atoms with Crippen molar-refractivity contribution >= 4 is 24.3 Å². The molecule has 14 heavy (non-hydrogen) atoms. The number of Topliss-reactive ketones (excluding diaryl/α,β-unsaturated/α-hetero) is 1. The van der Waals surface area contributed by atoms with Crippen molar-refractivity contribution in [3.8, 4) is 0 Å². The number of aliphatic hydroxyl groups excluding tert-OH is 1. The third-order valence-electron chi connectivity index (χ3n) is 1.75. The number of aliphatic hydroxyl groups is 1. The Labute approximate surface area is 88.8 Å². The zero-order chi connectivity index (χ0) is 11.1. The zero-order valence-corrected chi connectivity index (χ0v) is 8.96. The second kappa shape index (κ2) is 6.62. The molecular formula is C9H15NO3S. The number of hydrogen-bond acceptors (Lipinski definition) is 4. The second-order valence-electron chi connectivity index (χ2n) is 2.86. The molecule has 5 heteroatoms. The molecule has 2 N–H and O–H groups in total. The zero-order valence-electron chi connectivity index (χ0n) is 8.06. The molecular weight excluding hydrogens is 202 g/mol. The SMILES string of the molecule is C=CC(CO)C(=O)C(CS)NC(C)=O. The van der Waals surface area contributed by atoms with E-state index in [1.807, 2.05) is 0 Å². The Morgan fingerprint density at radius 3 is 2.50 bits per heavy atom. The van der Waals surface area contributed by atoms with Gasteiger partial charge in [-0.1, -0.05) is 6.08 Å². The molecule has 0 aromatic heterocycles. The maximum absolute atomic E-state index is 11.6. The topological polar surface area (TPSA) is 66.4 Å². The summed E-state index contributed by atoms with van der Waals surface area (Å²) in [6, 6.07) is -0.661. The minimum Gasteiger partial charge on any atom is -0.395 e. The highest BCUT2D eigenvalue weighted by Gasteiger charge is 2.23. The largest absolute Gasteiger partial charge is 0.395 e. The molecule has 0 aromatic rings. The van der Waals surface area contributed by atoms with Crippen molar-refractivity contribution in [3.63, 3.8) is 0 Å². The van der Waals surface area contributed by atoms with Crippen LogP contribution in [0.2, 0.25) is 0 Å². The highest BCUT2D eigenvalue weighted by atomic mass is 32.1. The second-order valence-corrected chi connectivity index (χ2v) is 3.23. The molecule has 1 amide bonds. The lowest BCUT2D eigenvalue weighted by molar-refractivity contribution is -0.128. The maximum atomic E-state index is 11.6. The van der Waals surface area contributed by atoms with Crippen LogP contribution in [0.15, 0.2) is 12.7 Å². The molecule has 2 atom stereocenters. The first kappa shape index (κ1) is 13.2. The Kier molecular flexibility index (Phi) is 6.23. The maximum Gasteiger partial charge on any atom is 0.217 e. The molecule has 0 heterocycles. The van der Waals surface area contributed by atoms with Gasteiger partial charge in [0.15, 0.2) is 5.78 Å². The minimum absolute atomic E-state index is 0.211. The molecule has 0 aliphatic carbocycles. The lowest BCUT2D eigenvalue weighted by atomic mass is 10.00. The number of ketones is 1. The van der Waals surface area contributed by atoms with E-state index in [4.69, 9.17) is 5.11 Å². The molecule has 0 aromatic carbocycles. The van der Waals surface area contributed by atoms with E-state index in [0.29, 0.717) is 0 Å². The number of carbonyl (C=O) groups is 2. The predicted molar refractivity (Wildman–Crippen MR) is 57.2 cm³/mol. The smallest absolute Gasteiger partial charge is 0.217 e. The van der Waals surface area contributed by atoms with Gasteiger partial charge in [-0.3, -0.25) is 9.59 Å². The van der Waals surface area contributed by atoms with Crippen LogP contribution in [0.5, 0.6) is 0 Å². The van der Waals surface area contributed by atoms with Crippen molar-refractivity contribution in [2.24, 2.45) is 5.92 Å². The summed E-state index contributed by atoms with van der Waals surface area (Å²) in [5.41, 5.74) is 0. The van der Waals surface area contributed by atoms with E-state index in [1.54, 1.807) is 0 Å². The van der Waals surface area contributed by atoms with Crippen LogP contribution in [0, 0.1) is 5.92 Å². The van der Waals surface area contributed by atoms with Gasteiger partial charge in [-0.05, 0) is 0 Å². The molecule has 0 radical (unpaired) electrons. The number of thiol groups is 1. The summed E-state index contributed by atoms with van der Waals surface area (Å²) in [6.07, 6.45) is 1.36. The van der Waals surface area contributed by atoms with Crippen LogP contribution in [0.25, 0.3) is 0 Å². The van der Waals surface area contributed by atoms with Crippen LogP contribution >= 0.6 is 12.6 Å². The van der Waals surface area contributed by atoms with Gasteiger partial charge in [0.2, 0.25) is 5.91 Å². The fraction of sp³-hybridized carbons (Fsp3) is 0.556. The molecule has 0 aliphatic heterocycles. The Bertz CT molecular complexity index is 230. The number of carbonyl (C=O) groups excluding carboxylic acids is 2. The molecule has 0 aliphatic rings. The molecule has 0 saturated carbocycles. The molecule has 80 valence electrons. The lowest BCUT2D eigenvalue weighted by Gasteiger charge is -2.17. The van der Waals surface area contributed by atoms with Crippen LogP contribution in [-0.4, -0.2) is 35.2 Å². The van der Waals surface area contributed by atoms with Gasteiger partial charge in [0.25, 0.3) is 0 Å². The lowest BCUT2D eigenvalue weighted by Crippen LogP contribution is -2.44. The standard InChI is InChI=1S/C9H15NO3S/c1-3-7(4-11)9(13)8(5-14)10-6(2)12/h3,7-8,11,14H,1,4-5H2,2H3,(H,10,12). The van der Waals surface area contributed by atoms with E-state index in [9.17, 15) is 9.59 Å². The summed E-state index contributed by atoms with van der Waals surface area (Å²) < 4.78 is 0. The number of amides is 1. The molecule has 0 fully saturated rings. The van der Waals surface area contributed by atoms with Gasteiger partial charge in [0, 0.05) is 12.7 Å². The molecule has 0 spiro atoms. The van der Waals surface area contributed by atoms with E-state index in [0.717, 1.165) is 0 Å². The Morgan fingerprint density at radius 2 is 2.21 bits per heavy atom. The Hall–Kier alpha value is -0.810. The summed E-state index contributed by atoms with van der Waals surface area (Å²) in [5.74, 6) is -0.993. The first-order valence-electron chi connectivity index (χ1n) is 4.21. The van der Waals surface area contributed by atoms with Crippen molar-refractivity contribution in [1.29, 1.82) is 0 Å². The minimum atomic E-state index is -0.661. The van der Waals surface area contributed by atoms with Gasteiger partial charge in [-0.2, -0.15) is 12.6 Å². The summed E-state index contributed by atoms with van der Waals surface area (Å²) in [5, 5.41) is 11.3. The Balaban J connectivity index is 4.43. The van der Waals surface area contributed by atoms with Crippen molar-refractivity contribution in [1.82, 2.24) is 5.32 Å². The first-order chi connectivity index (χ1) is 6.56. The Morgan fingerprint density at radius 1 is 1.64 bits per heavy atom. The van der Waals surface area contributed by atoms with Gasteiger partial charge in [-0.15, -0.1) is 6.58 Å². The number of rotatable bonds is 6. The van der Waals surface area contributed by atoms with Crippen molar-refractivity contribution in [3.05, 3.63) is 12.7 Å². The fourth-order valence-electron chi connectivity index (χ4n) is 0.991. The van der Waals surface area contributed by atoms with Crippen molar-refractivity contribution in [2.45, 2.75) is 13.0 Å². The van der Waals surface area contributed by atoms with E-state index < -0.39 is 12.0 Å². The van der Waals surface area contributed by atoms with Gasteiger partial charge < -0.3 is 10.4 Å². The predicted octanol–water partition coefficient (Wildman–Crippen LogP) is -0.216. The molecule has 4 nitrogen and oxygen atoms in total. The third-order valence-corrected chi connectivity index (χ3v) is 2.12.